The highest BCUT2D eigenvalue weighted by Gasteiger charge is 2.21. The summed E-state index contributed by atoms with van der Waals surface area (Å²) in [6.07, 6.45) is 5.49. The summed E-state index contributed by atoms with van der Waals surface area (Å²) in [4.78, 5) is 0. The van der Waals surface area contributed by atoms with E-state index >= 15 is 0 Å². The van der Waals surface area contributed by atoms with Crippen molar-refractivity contribution >= 4 is 5.95 Å². The van der Waals surface area contributed by atoms with Crippen LogP contribution in [0.15, 0.2) is 30.3 Å². The predicted octanol–water partition coefficient (Wildman–Crippen LogP) is 2.67. The topological polar surface area (TPSA) is 64.9 Å². The van der Waals surface area contributed by atoms with Crippen molar-refractivity contribution < 1.29 is 4.74 Å². The third-order valence-electron chi connectivity index (χ3n) is 4.22. The van der Waals surface area contributed by atoms with Crippen molar-refractivity contribution in [3.05, 3.63) is 30.3 Å². The van der Waals surface area contributed by atoms with Gasteiger partial charge >= 0.3 is 0 Å². The summed E-state index contributed by atoms with van der Waals surface area (Å²) in [6, 6.07) is 9.85. The molecule has 1 aromatic heterocycles. The zero-order valence-electron chi connectivity index (χ0n) is 13.0. The molecule has 0 spiro atoms. The number of anilines is 1. The number of nitrogens with one attached hydrogen (secondary N) is 1. The first-order valence-electron chi connectivity index (χ1n) is 8.04. The van der Waals surface area contributed by atoms with Crippen LogP contribution in [0.25, 0.3) is 5.69 Å². The van der Waals surface area contributed by atoms with Gasteiger partial charge in [-0.25, -0.2) is 0 Å². The second-order valence-electron chi connectivity index (χ2n) is 5.85. The number of aromatic nitrogens is 4. The van der Waals surface area contributed by atoms with Crippen LogP contribution in [0.2, 0.25) is 0 Å². The number of nitrogens with zero attached hydrogens (tertiary/aromatic N) is 4. The highest BCUT2D eigenvalue weighted by molar-refractivity contribution is 5.38. The number of hydrogen-bond acceptors (Lipinski definition) is 5. The minimum absolute atomic E-state index is 0.403. The van der Waals surface area contributed by atoms with E-state index in [4.69, 9.17) is 4.74 Å². The summed E-state index contributed by atoms with van der Waals surface area (Å²) in [6.45, 7) is 3.67. The first-order chi connectivity index (χ1) is 10.8. The second-order valence-corrected chi connectivity index (χ2v) is 5.85. The van der Waals surface area contributed by atoms with Crippen molar-refractivity contribution in [2.75, 3.05) is 18.5 Å². The van der Waals surface area contributed by atoms with Gasteiger partial charge in [-0.1, -0.05) is 43.1 Å². The van der Waals surface area contributed by atoms with Gasteiger partial charge in [0.2, 0.25) is 5.95 Å². The fourth-order valence-electron chi connectivity index (χ4n) is 2.94. The van der Waals surface area contributed by atoms with Gasteiger partial charge in [0.05, 0.1) is 18.4 Å². The zero-order valence-corrected chi connectivity index (χ0v) is 13.0. The summed E-state index contributed by atoms with van der Waals surface area (Å²) in [5.41, 5.74) is 0.942. The molecule has 0 saturated heterocycles. The van der Waals surface area contributed by atoms with Gasteiger partial charge in [0, 0.05) is 6.54 Å². The van der Waals surface area contributed by atoms with Crippen LogP contribution < -0.4 is 5.32 Å². The van der Waals surface area contributed by atoms with Crippen LogP contribution in [-0.2, 0) is 4.74 Å². The first-order valence-corrected chi connectivity index (χ1v) is 8.04. The maximum absolute atomic E-state index is 6.00. The van der Waals surface area contributed by atoms with Crippen molar-refractivity contribution in [2.24, 2.45) is 5.92 Å². The van der Waals surface area contributed by atoms with E-state index in [9.17, 15) is 0 Å². The van der Waals surface area contributed by atoms with E-state index in [1.165, 1.54) is 25.7 Å². The van der Waals surface area contributed by atoms with Gasteiger partial charge in [-0.3, -0.25) is 0 Å². The lowest BCUT2D eigenvalue weighted by Crippen LogP contribution is -2.27. The average Bonchev–Trinajstić information content (AvgIpc) is 3.02. The Kier molecular flexibility index (Phi) is 5.00. The van der Waals surface area contributed by atoms with Gasteiger partial charge in [-0.15, -0.1) is 0 Å². The Balaban J connectivity index is 1.49. The van der Waals surface area contributed by atoms with Crippen LogP contribution in [0.3, 0.4) is 0 Å². The molecule has 0 radical (unpaired) electrons. The van der Waals surface area contributed by atoms with Crippen molar-refractivity contribution in [2.45, 2.75) is 38.7 Å². The Labute approximate surface area is 130 Å². The molecule has 2 atom stereocenters. The van der Waals surface area contributed by atoms with Gasteiger partial charge in [-0.05, 0) is 41.3 Å². The number of tetrazole rings is 1. The molecule has 3 rings (SSSR count). The Morgan fingerprint density at radius 1 is 1.23 bits per heavy atom. The molecule has 1 aromatic carbocycles. The average molecular weight is 301 g/mol. The molecule has 6 nitrogen and oxygen atoms in total. The highest BCUT2D eigenvalue weighted by atomic mass is 16.5. The number of para-hydroxylation sites is 1. The summed E-state index contributed by atoms with van der Waals surface area (Å²) in [7, 11) is 0. The second kappa shape index (κ2) is 7.35. The van der Waals surface area contributed by atoms with Gasteiger partial charge in [0.25, 0.3) is 0 Å². The van der Waals surface area contributed by atoms with Crippen LogP contribution in [0.4, 0.5) is 5.95 Å². The first kappa shape index (κ1) is 15.0. The molecule has 2 aromatic rings. The molecular weight excluding hydrogens is 278 g/mol. The van der Waals surface area contributed by atoms with Crippen molar-refractivity contribution in [3.8, 4) is 5.69 Å². The molecule has 0 aliphatic heterocycles. The molecule has 6 heteroatoms. The summed E-state index contributed by atoms with van der Waals surface area (Å²) in [5.74, 6) is 1.31. The SMILES string of the molecule is CC1CCCCC1OCCNc1nnnn1-c1ccccc1. The van der Waals surface area contributed by atoms with Crippen LogP contribution in [0.5, 0.6) is 0 Å². The van der Waals surface area contributed by atoms with E-state index in [0.717, 1.165) is 5.69 Å². The van der Waals surface area contributed by atoms with E-state index < -0.39 is 0 Å². The predicted molar refractivity (Wildman–Crippen MR) is 85.0 cm³/mol. The smallest absolute Gasteiger partial charge is 0.247 e. The fraction of sp³-hybridized carbons (Fsp3) is 0.562. The van der Waals surface area contributed by atoms with Gasteiger partial charge in [0.15, 0.2) is 0 Å². The molecule has 22 heavy (non-hydrogen) atoms. The van der Waals surface area contributed by atoms with Crippen molar-refractivity contribution in [3.63, 3.8) is 0 Å². The third kappa shape index (κ3) is 3.62. The summed E-state index contributed by atoms with van der Waals surface area (Å²) in [5, 5.41) is 15.0. The fourth-order valence-corrected chi connectivity index (χ4v) is 2.94. The Bertz CT molecular complexity index is 571. The standard InChI is InChI=1S/C16H23N5O/c1-13-7-5-6-10-15(13)22-12-11-17-16-18-19-20-21(16)14-8-3-2-4-9-14/h2-4,8-9,13,15H,5-7,10-12H2,1H3,(H,17,18,20). The van der Waals surface area contributed by atoms with E-state index in [1.54, 1.807) is 4.68 Å². The van der Waals surface area contributed by atoms with E-state index in [2.05, 4.69) is 27.8 Å². The van der Waals surface area contributed by atoms with Crippen LogP contribution in [0.1, 0.15) is 32.6 Å². The van der Waals surface area contributed by atoms with Gasteiger partial charge in [-0.2, -0.15) is 4.68 Å². The molecule has 1 fully saturated rings. The van der Waals surface area contributed by atoms with Crippen molar-refractivity contribution in [1.82, 2.24) is 20.2 Å². The zero-order chi connectivity index (χ0) is 15.2. The van der Waals surface area contributed by atoms with E-state index in [-0.39, 0.29) is 0 Å². The van der Waals surface area contributed by atoms with E-state index in [1.807, 2.05) is 30.3 Å². The summed E-state index contributed by atoms with van der Waals surface area (Å²) >= 11 is 0. The Hall–Kier alpha value is -1.95. The molecular formula is C16H23N5O. The Morgan fingerprint density at radius 2 is 2.05 bits per heavy atom. The lowest BCUT2D eigenvalue weighted by atomic mass is 9.88. The largest absolute Gasteiger partial charge is 0.376 e. The van der Waals surface area contributed by atoms with Crippen LogP contribution in [-0.4, -0.2) is 39.5 Å². The number of ether oxygens (including phenoxy) is 1. The number of rotatable bonds is 6. The highest BCUT2D eigenvalue weighted by Crippen LogP contribution is 2.26. The molecule has 1 aliphatic carbocycles. The normalized spacial score (nSPS) is 21.7. The van der Waals surface area contributed by atoms with Crippen LogP contribution in [0, 0.1) is 5.92 Å². The maximum atomic E-state index is 6.00. The molecule has 118 valence electrons. The number of benzene rings is 1. The Morgan fingerprint density at radius 3 is 2.86 bits per heavy atom. The molecule has 2 unspecified atom stereocenters. The van der Waals surface area contributed by atoms with E-state index in [0.29, 0.717) is 31.1 Å². The third-order valence-corrected chi connectivity index (χ3v) is 4.22. The minimum Gasteiger partial charge on any atom is -0.376 e. The lowest BCUT2D eigenvalue weighted by molar-refractivity contribution is 0.000342. The molecule has 1 N–H and O–H groups in total. The van der Waals surface area contributed by atoms with Gasteiger partial charge in [0.1, 0.15) is 0 Å². The van der Waals surface area contributed by atoms with Gasteiger partial charge < -0.3 is 10.1 Å². The molecule has 1 heterocycles. The molecule has 1 saturated carbocycles. The number of hydrogen-bond donors (Lipinski definition) is 1. The monoisotopic (exact) mass is 301 g/mol. The lowest BCUT2D eigenvalue weighted by Gasteiger charge is -2.28. The molecule has 0 bridgehead atoms. The van der Waals surface area contributed by atoms with Crippen LogP contribution >= 0.6 is 0 Å². The summed E-state index contributed by atoms with van der Waals surface area (Å²) < 4.78 is 7.70. The molecule has 1 aliphatic rings. The quantitative estimate of drug-likeness (QED) is 0.831. The maximum Gasteiger partial charge on any atom is 0.247 e. The minimum atomic E-state index is 0.403. The van der Waals surface area contributed by atoms with Crippen molar-refractivity contribution in [1.29, 1.82) is 0 Å². The molecule has 0 amide bonds.